The van der Waals surface area contributed by atoms with Crippen LogP contribution in [0.25, 0.3) is 0 Å². The van der Waals surface area contributed by atoms with Crippen molar-refractivity contribution in [1.82, 2.24) is 9.55 Å². The zero-order chi connectivity index (χ0) is 32.6. The molecule has 0 unspecified atom stereocenters. The summed E-state index contributed by atoms with van der Waals surface area (Å²) in [5.74, 6) is -3.87. The second kappa shape index (κ2) is 12.9. The number of aromatic nitrogens is 2. The Morgan fingerprint density at radius 3 is 2.09 bits per heavy atom. The number of nitrogens with one attached hydrogen (secondary N) is 1. The van der Waals surface area contributed by atoms with Crippen LogP contribution in [0.1, 0.15) is 38.8 Å². The zero-order valence-corrected chi connectivity index (χ0v) is 25.3. The van der Waals surface area contributed by atoms with Crippen molar-refractivity contribution in [3.8, 4) is 0 Å². The third-order valence-corrected chi connectivity index (χ3v) is 9.27. The van der Waals surface area contributed by atoms with Crippen molar-refractivity contribution in [3.63, 3.8) is 0 Å². The number of halogens is 1. The number of ether oxygens (including phenoxy) is 9. The molecule has 1 saturated carbocycles. The van der Waals surface area contributed by atoms with E-state index in [2.05, 4.69) is 4.98 Å². The van der Waals surface area contributed by atoms with E-state index in [0.29, 0.717) is 25.7 Å². The molecule has 6 rings (SSSR count). The quantitative estimate of drug-likeness (QED) is 0.187. The van der Waals surface area contributed by atoms with E-state index in [1.54, 1.807) is 0 Å². The van der Waals surface area contributed by atoms with E-state index in [4.69, 9.17) is 56.2 Å². The van der Waals surface area contributed by atoms with Gasteiger partial charge in [-0.25, -0.2) is 36.9 Å². The molecule has 1 aromatic heterocycles. The van der Waals surface area contributed by atoms with Crippen molar-refractivity contribution in [2.24, 2.45) is 0 Å². The Bertz CT molecular complexity index is 1420. The molecule has 19 nitrogen and oxygen atoms in total. The minimum atomic E-state index is -5.14. The van der Waals surface area contributed by atoms with Gasteiger partial charge in [-0.05, 0) is 19.8 Å². The maximum absolute atomic E-state index is 15.3. The van der Waals surface area contributed by atoms with Crippen molar-refractivity contribution < 1.29 is 74.7 Å². The first kappa shape index (κ1) is 33.0. The van der Waals surface area contributed by atoms with Crippen LogP contribution in [0.2, 0.25) is 0 Å². The lowest BCUT2D eigenvalue weighted by Crippen LogP contribution is -2.50. The molecule has 0 bridgehead atoms. The van der Waals surface area contributed by atoms with Gasteiger partial charge >= 0.3 is 25.8 Å². The number of hydrogen-bond acceptors (Lipinski definition) is 17. The molecule has 0 amide bonds. The largest absolute Gasteiger partial charge is 0.510 e. The Kier molecular flexibility index (Phi) is 9.27. The number of nitrogens with zero attached hydrogens (tertiary/aromatic N) is 1. The predicted molar refractivity (Wildman–Crippen MR) is 141 cm³/mol. The standard InChI is InChI=1S/C25H32FN2O17P/c1-23-18(42-24(44-23)5-2-3-6-24)25(12-26,43-19(23)28-7-4-17(29)27-20(28)30)45-46(33,38-13-36-21(31)40-15-8-34-9-15)39-14-37-22(32)41-16-10-35-11-16/h4,7,15-16,18-19H,2-3,5-6,8-14H2,1H3,(H,27,29,30)/t18-,19+,23+,25+/m0/s1. The SMILES string of the molecule is C[C@@]12OC3(CCCC3)O[C@@H]1[C@@](CF)(OP(=O)(OCOC(=O)OC1COC1)OCOC(=O)OC1COC1)O[C@H]2n1ccc(=O)[nH]c1=O. The molecule has 5 fully saturated rings. The van der Waals surface area contributed by atoms with Crippen LogP contribution in [-0.2, 0) is 60.8 Å². The Morgan fingerprint density at radius 1 is 1.00 bits per heavy atom. The molecule has 5 aliphatic rings. The maximum atomic E-state index is 15.3. The molecule has 4 aliphatic heterocycles. The summed E-state index contributed by atoms with van der Waals surface area (Å²) in [5.41, 5.74) is -3.30. The van der Waals surface area contributed by atoms with Gasteiger partial charge in [0.25, 0.3) is 5.56 Å². The fraction of sp³-hybridized carbons (Fsp3) is 0.760. The summed E-state index contributed by atoms with van der Waals surface area (Å²) in [6.45, 7) is -1.66. The molecule has 1 spiro atoms. The summed E-state index contributed by atoms with van der Waals surface area (Å²) in [6, 6.07) is 1.04. The number of carbonyl (C=O) groups excluding carboxylic acids is 2. The van der Waals surface area contributed by atoms with Gasteiger partial charge in [0.2, 0.25) is 19.4 Å². The van der Waals surface area contributed by atoms with E-state index in [0.717, 1.165) is 16.8 Å². The van der Waals surface area contributed by atoms with Gasteiger partial charge in [-0.2, -0.15) is 0 Å². The molecule has 5 heterocycles. The fourth-order valence-corrected chi connectivity index (χ4v) is 6.73. The van der Waals surface area contributed by atoms with Crippen LogP contribution in [0.15, 0.2) is 21.9 Å². The molecular formula is C25H32FN2O17P. The summed E-state index contributed by atoms with van der Waals surface area (Å²) in [7, 11) is -5.14. The molecule has 46 heavy (non-hydrogen) atoms. The van der Waals surface area contributed by atoms with Crippen LogP contribution in [-0.4, -0.2) is 104 Å². The summed E-state index contributed by atoms with van der Waals surface area (Å²) >= 11 is 0. The van der Waals surface area contributed by atoms with Gasteiger partial charge in [0.1, 0.15) is 12.3 Å². The zero-order valence-electron chi connectivity index (χ0n) is 24.5. The lowest BCUT2D eigenvalue weighted by atomic mass is 9.95. The molecule has 4 atom stereocenters. The van der Waals surface area contributed by atoms with Gasteiger partial charge in [0.15, 0.2) is 30.3 Å². The highest BCUT2D eigenvalue weighted by atomic mass is 31.2. The van der Waals surface area contributed by atoms with Gasteiger partial charge in [-0.15, -0.1) is 0 Å². The minimum absolute atomic E-state index is 0.153. The number of alkyl halides is 1. The van der Waals surface area contributed by atoms with Crippen molar-refractivity contribution in [1.29, 1.82) is 0 Å². The van der Waals surface area contributed by atoms with Crippen LogP contribution in [0.5, 0.6) is 0 Å². The summed E-state index contributed by atoms with van der Waals surface area (Å²) < 4.78 is 94.0. The van der Waals surface area contributed by atoms with Crippen LogP contribution in [0, 0.1) is 0 Å². The number of rotatable bonds is 12. The topological polar surface area (TPSA) is 217 Å². The van der Waals surface area contributed by atoms with Crippen LogP contribution in [0.4, 0.5) is 14.0 Å². The molecular weight excluding hydrogens is 650 g/mol. The molecule has 1 aromatic rings. The van der Waals surface area contributed by atoms with E-state index in [1.807, 2.05) is 0 Å². The Morgan fingerprint density at radius 2 is 1.59 bits per heavy atom. The molecule has 256 valence electrons. The van der Waals surface area contributed by atoms with E-state index < -0.39 is 93.4 Å². The van der Waals surface area contributed by atoms with Crippen molar-refractivity contribution in [3.05, 3.63) is 33.1 Å². The Balaban J connectivity index is 1.25. The molecule has 0 radical (unpaired) electrons. The third kappa shape index (κ3) is 6.58. The lowest BCUT2D eigenvalue weighted by molar-refractivity contribution is -0.294. The molecule has 0 aromatic carbocycles. The predicted octanol–water partition coefficient (Wildman–Crippen LogP) is 1.35. The van der Waals surface area contributed by atoms with E-state index in [-0.39, 0.29) is 26.4 Å². The van der Waals surface area contributed by atoms with Crippen molar-refractivity contribution in [2.75, 3.05) is 46.7 Å². The normalized spacial score (nSPS) is 30.4. The van der Waals surface area contributed by atoms with Crippen molar-refractivity contribution >= 4 is 20.1 Å². The second-order valence-electron chi connectivity index (χ2n) is 11.2. The third-order valence-electron chi connectivity index (χ3n) is 7.90. The van der Waals surface area contributed by atoms with Gasteiger partial charge in [-0.3, -0.25) is 14.3 Å². The summed E-state index contributed by atoms with van der Waals surface area (Å²) in [5, 5.41) is 0. The molecule has 1 N–H and O–H groups in total. The maximum Gasteiger partial charge on any atom is 0.510 e. The number of fused-ring (bicyclic) bond motifs is 1. The first-order valence-corrected chi connectivity index (χ1v) is 15.8. The molecule has 1 aliphatic carbocycles. The van der Waals surface area contributed by atoms with E-state index >= 15 is 4.39 Å². The highest BCUT2D eigenvalue weighted by molar-refractivity contribution is 7.48. The van der Waals surface area contributed by atoms with Crippen LogP contribution < -0.4 is 11.2 Å². The average molecular weight is 683 g/mol. The number of hydrogen-bond donors (Lipinski definition) is 1. The highest BCUT2D eigenvalue weighted by Crippen LogP contribution is 2.63. The van der Waals surface area contributed by atoms with Gasteiger partial charge in [0.05, 0.1) is 26.4 Å². The smallest absolute Gasteiger partial charge is 0.426 e. The van der Waals surface area contributed by atoms with Crippen LogP contribution >= 0.6 is 7.82 Å². The summed E-state index contributed by atoms with van der Waals surface area (Å²) in [4.78, 5) is 50.7. The average Bonchev–Trinajstić information content (AvgIpc) is 3.60. The van der Waals surface area contributed by atoms with Gasteiger partial charge in [0, 0.05) is 25.1 Å². The first-order chi connectivity index (χ1) is 22.0. The highest BCUT2D eigenvalue weighted by Gasteiger charge is 2.74. The first-order valence-electron chi connectivity index (χ1n) is 14.3. The number of phosphoric ester groups is 1. The number of aromatic amines is 1. The minimum Gasteiger partial charge on any atom is -0.426 e. The van der Waals surface area contributed by atoms with E-state index in [9.17, 15) is 23.7 Å². The Labute approximate surface area is 258 Å². The fourth-order valence-electron chi connectivity index (χ4n) is 5.62. The molecule has 4 saturated heterocycles. The van der Waals surface area contributed by atoms with Crippen LogP contribution in [0.3, 0.4) is 0 Å². The number of phosphoric acid groups is 1. The summed E-state index contributed by atoms with van der Waals surface area (Å²) in [6.07, 6.45) is -3.20. The molecule has 21 heteroatoms. The lowest BCUT2D eigenvalue weighted by Gasteiger charge is -2.34. The second-order valence-corrected chi connectivity index (χ2v) is 12.8. The monoisotopic (exact) mass is 682 g/mol. The Hall–Kier alpha value is -2.94. The van der Waals surface area contributed by atoms with Crippen molar-refractivity contribution in [2.45, 2.75) is 74.3 Å². The van der Waals surface area contributed by atoms with E-state index in [1.165, 1.54) is 6.92 Å². The number of carbonyl (C=O) groups is 2. The number of H-pyrrole nitrogens is 1. The van der Waals surface area contributed by atoms with Gasteiger partial charge in [-0.1, -0.05) is 0 Å². The van der Waals surface area contributed by atoms with Gasteiger partial charge < -0.3 is 42.6 Å².